The van der Waals surface area contributed by atoms with Crippen molar-refractivity contribution in [3.8, 4) is 5.75 Å². The lowest BCUT2D eigenvalue weighted by molar-refractivity contribution is -0.254. The average molecular weight is 390 g/mol. The van der Waals surface area contributed by atoms with Crippen molar-refractivity contribution >= 4 is 11.1 Å². The molecule has 0 aliphatic heterocycles. The van der Waals surface area contributed by atoms with Gasteiger partial charge in [0.1, 0.15) is 5.75 Å². The van der Waals surface area contributed by atoms with Gasteiger partial charge in [-0.05, 0) is 31.5 Å². The topological polar surface area (TPSA) is 27.1 Å². The van der Waals surface area contributed by atoms with E-state index in [9.17, 15) is 26.3 Å². The Hall–Kier alpha value is -2.45. The molecule has 0 radical (unpaired) electrons. The van der Waals surface area contributed by atoms with Crippen LogP contribution in [0.2, 0.25) is 0 Å². The van der Waals surface area contributed by atoms with E-state index in [2.05, 4.69) is 5.10 Å². The average Bonchev–Trinajstić information content (AvgIpc) is 2.89. The first-order chi connectivity index (χ1) is 12.4. The number of benzene rings is 1. The third kappa shape index (κ3) is 2.40. The lowest BCUT2D eigenvalue weighted by Gasteiger charge is -2.25. The number of ether oxygens (including phenoxy) is 1. The van der Waals surface area contributed by atoms with E-state index in [0.717, 1.165) is 12.1 Å². The molecule has 0 spiro atoms. The summed E-state index contributed by atoms with van der Waals surface area (Å²) in [7, 11) is 2.75. The van der Waals surface area contributed by atoms with Crippen LogP contribution < -0.4 is 4.74 Å². The van der Waals surface area contributed by atoms with Crippen LogP contribution in [0.25, 0.3) is 11.1 Å². The van der Waals surface area contributed by atoms with E-state index < -0.39 is 40.0 Å². The fourth-order valence-electron chi connectivity index (χ4n) is 3.33. The summed E-state index contributed by atoms with van der Waals surface area (Å²) in [6.07, 6.45) is 0. The first kappa shape index (κ1) is 19.3. The van der Waals surface area contributed by atoms with Gasteiger partial charge in [-0.3, -0.25) is 4.68 Å². The molecule has 1 aromatic heterocycles. The number of hydrogen-bond donors (Lipinski definition) is 0. The molecule has 1 aliphatic rings. The van der Waals surface area contributed by atoms with E-state index >= 15 is 0 Å². The van der Waals surface area contributed by atoms with Crippen LogP contribution in [0, 0.1) is 13.8 Å². The third-order valence-corrected chi connectivity index (χ3v) is 4.80. The van der Waals surface area contributed by atoms with Gasteiger partial charge in [0.25, 0.3) is 0 Å². The lowest BCUT2D eigenvalue weighted by Crippen LogP contribution is -2.49. The summed E-state index contributed by atoms with van der Waals surface area (Å²) in [5.41, 5.74) is -3.59. The van der Waals surface area contributed by atoms with E-state index in [4.69, 9.17) is 4.74 Å². The van der Waals surface area contributed by atoms with Gasteiger partial charge < -0.3 is 4.74 Å². The first-order valence-electron chi connectivity index (χ1n) is 7.91. The highest BCUT2D eigenvalue weighted by atomic mass is 19.3. The van der Waals surface area contributed by atoms with Gasteiger partial charge in [-0.1, -0.05) is 12.1 Å². The number of halogens is 6. The Morgan fingerprint density at radius 2 is 1.41 bits per heavy atom. The van der Waals surface area contributed by atoms with Crippen LogP contribution >= 0.6 is 0 Å². The van der Waals surface area contributed by atoms with Crippen LogP contribution in [0.5, 0.6) is 5.75 Å². The molecule has 1 heterocycles. The summed E-state index contributed by atoms with van der Waals surface area (Å²) in [4.78, 5) is 0. The zero-order chi connectivity index (χ0) is 20.4. The molecule has 0 saturated heterocycles. The van der Waals surface area contributed by atoms with Gasteiger partial charge in [0.2, 0.25) is 0 Å². The Bertz CT molecular complexity index is 928. The zero-order valence-electron chi connectivity index (χ0n) is 14.9. The van der Waals surface area contributed by atoms with Crippen molar-refractivity contribution in [2.24, 2.45) is 7.05 Å². The number of allylic oxidation sites excluding steroid dienone is 2. The minimum atomic E-state index is -5.58. The quantitative estimate of drug-likeness (QED) is 0.699. The summed E-state index contributed by atoms with van der Waals surface area (Å²) in [5.74, 6) is -15.5. The maximum atomic E-state index is 14.7. The van der Waals surface area contributed by atoms with Crippen molar-refractivity contribution in [3.05, 3.63) is 46.8 Å². The van der Waals surface area contributed by atoms with Crippen molar-refractivity contribution in [1.29, 1.82) is 0 Å². The second-order valence-corrected chi connectivity index (χ2v) is 6.37. The predicted molar refractivity (Wildman–Crippen MR) is 87.3 cm³/mol. The van der Waals surface area contributed by atoms with Crippen molar-refractivity contribution < 1.29 is 31.1 Å². The fourth-order valence-corrected chi connectivity index (χ4v) is 3.33. The molecular weight excluding hydrogens is 374 g/mol. The normalized spacial score (nSPS) is 20.2. The van der Waals surface area contributed by atoms with Gasteiger partial charge in [-0.2, -0.15) is 31.4 Å². The van der Waals surface area contributed by atoms with Crippen LogP contribution in [-0.2, 0) is 7.05 Å². The summed E-state index contributed by atoms with van der Waals surface area (Å²) < 4.78 is 93.0. The number of aromatic nitrogens is 2. The number of hydrogen-bond acceptors (Lipinski definition) is 2. The standard InChI is InChI=1S/C18H16F6N2O/c1-9-13(10(2)26(3)25-9)15-14(11-5-7-12(27-4)8-6-11)16(19,20)18(23,24)17(15,21)22/h5-8H,1-4H3. The Morgan fingerprint density at radius 3 is 1.85 bits per heavy atom. The summed E-state index contributed by atoms with van der Waals surface area (Å²) in [5, 5.41) is 3.91. The van der Waals surface area contributed by atoms with Crippen molar-refractivity contribution in [1.82, 2.24) is 9.78 Å². The molecule has 3 rings (SSSR count). The molecule has 27 heavy (non-hydrogen) atoms. The SMILES string of the molecule is COc1ccc(C2=C(c3c(C)nn(C)c3C)C(F)(F)C(F)(F)C2(F)F)cc1. The van der Waals surface area contributed by atoms with E-state index in [1.54, 1.807) is 0 Å². The second-order valence-electron chi connectivity index (χ2n) is 6.37. The molecule has 3 nitrogen and oxygen atoms in total. The number of rotatable bonds is 3. The first-order valence-corrected chi connectivity index (χ1v) is 7.91. The Balaban J connectivity index is 2.42. The Morgan fingerprint density at radius 1 is 0.889 bits per heavy atom. The van der Waals surface area contributed by atoms with Crippen LogP contribution in [0.3, 0.4) is 0 Å². The zero-order valence-corrected chi connectivity index (χ0v) is 14.9. The lowest BCUT2D eigenvalue weighted by atomic mass is 9.93. The highest BCUT2D eigenvalue weighted by Crippen LogP contribution is 2.65. The molecule has 0 fully saturated rings. The van der Waals surface area contributed by atoms with Gasteiger partial charge in [0.05, 0.1) is 12.8 Å². The van der Waals surface area contributed by atoms with E-state index in [1.165, 1.54) is 44.8 Å². The fraction of sp³-hybridized carbons (Fsp3) is 0.389. The Labute approximate surface area is 151 Å². The van der Waals surface area contributed by atoms with Gasteiger partial charge in [0, 0.05) is 29.5 Å². The molecule has 9 heteroatoms. The molecule has 0 unspecified atom stereocenters. The number of alkyl halides is 6. The van der Waals surface area contributed by atoms with Gasteiger partial charge in [-0.25, -0.2) is 0 Å². The summed E-state index contributed by atoms with van der Waals surface area (Å²) >= 11 is 0. The molecule has 0 N–H and O–H groups in total. The highest BCUT2D eigenvalue weighted by Gasteiger charge is 2.80. The van der Waals surface area contributed by atoms with Crippen LogP contribution in [0.4, 0.5) is 26.3 Å². The molecule has 1 aliphatic carbocycles. The molecule has 0 amide bonds. The van der Waals surface area contributed by atoms with E-state index in [-0.39, 0.29) is 17.1 Å². The maximum Gasteiger partial charge on any atom is 0.380 e. The van der Waals surface area contributed by atoms with Crippen LogP contribution in [0.15, 0.2) is 24.3 Å². The molecule has 0 bridgehead atoms. The largest absolute Gasteiger partial charge is 0.497 e. The monoisotopic (exact) mass is 390 g/mol. The predicted octanol–water partition coefficient (Wildman–Crippen LogP) is 4.88. The number of nitrogens with zero attached hydrogens (tertiary/aromatic N) is 2. The third-order valence-electron chi connectivity index (χ3n) is 4.80. The van der Waals surface area contributed by atoms with Gasteiger partial charge in [0.15, 0.2) is 0 Å². The molecule has 0 saturated carbocycles. The molecular formula is C18H16F6N2O. The molecule has 0 atom stereocenters. The molecule has 1 aromatic carbocycles. The number of aryl methyl sites for hydroxylation is 2. The van der Waals surface area contributed by atoms with Crippen LogP contribution in [0.1, 0.15) is 22.5 Å². The van der Waals surface area contributed by atoms with Crippen molar-refractivity contribution in [3.63, 3.8) is 0 Å². The maximum absolute atomic E-state index is 14.7. The minimum Gasteiger partial charge on any atom is -0.497 e. The molecule has 2 aromatic rings. The van der Waals surface area contributed by atoms with E-state index in [1.807, 2.05) is 0 Å². The van der Waals surface area contributed by atoms with Gasteiger partial charge in [-0.15, -0.1) is 0 Å². The smallest absolute Gasteiger partial charge is 0.380 e. The second kappa shape index (κ2) is 5.77. The Kier molecular flexibility index (Phi) is 4.13. The highest BCUT2D eigenvalue weighted by molar-refractivity contribution is 6.01. The van der Waals surface area contributed by atoms with E-state index in [0.29, 0.717) is 0 Å². The molecule has 146 valence electrons. The summed E-state index contributed by atoms with van der Waals surface area (Å²) in [6.45, 7) is 2.67. The van der Waals surface area contributed by atoms with Crippen LogP contribution in [-0.4, -0.2) is 34.7 Å². The minimum absolute atomic E-state index is 0.0378. The summed E-state index contributed by atoms with van der Waals surface area (Å²) in [6, 6.07) is 4.60. The number of methoxy groups -OCH3 is 1. The van der Waals surface area contributed by atoms with Crippen molar-refractivity contribution in [2.75, 3.05) is 7.11 Å². The van der Waals surface area contributed by atoms with Crippen molar-refractivity contribution in [2.45, 2.75) is 31.6 Å². The van der Waals surface area contributed by atoms with Gasteiger partial charge >= 0.3 is 17.8 Å².